The summed E-state index contributed by atoms with van der Waals surface area (Å²) in [5, 5.41) is 6.63. The molecule has 2 N–H and O–H groups in total. The number of likely N-dealkylation sites (tertiary alicyclic amines) is 1. The van der Waals surface area contributed by atoms with E-state index in [0.29, 0.717) is 19.2 Å². The Bertz CT molecular complexity index is 428. The topological polar surface area (TPSA) is 75.2 Å². The van der Waals surface area contributed by atoms with E-state index in [2.05, 4.69) is 15.6 Å². The minimum Gasteiger partial charge on any atom is -0.444 e. The predicted molar refractivity (Wildman–Crippen MR) is 105 cm³/mol. The fraction of sp³-hybridized carbons (Fsp3) is 0.875. The number of nitrogens with one attached hydrogen (secondary N) is 2. The van der Waals surface area contributed by atoms with Crippen LogP contribution in [-0.4, -0.2) is 68.0 Å². The summed E-state index contributed by atoms with van der Waals surface area (Å²) in [5.74, 6) is 0.775. The first-order valence-electron chi connectivity index (χ1n) is 8.44. The van der Waals surface area contributed by atoms with Crippen LogP contribution in [0.4, 0.5) is 4.79 Å². The highest BCUT2D eigenvalue weighted by atomic mass is 127. The largest absolute Gasteiger partial charge is 0.444 e. The third kappa shape index (κ3) is 7.00. The van der Waals surface area contributed by atoms with Crippen LogP contribution in [0.2, 0.25) is 0 Å². The number of carbonyl (C=O) groups excluding carboxylic acids is 1. The van der Waals surface area contributed by atoms with Crippen molar-refractivity contribution in [2.45, 2.75) is 57.8 Å². The van der Waals surface area contributed by atoms with Gasteiger partial charge in [0.25, 0.3) is 0 Å². The molecule has 0 bridgehead atoms. The Morgan fingerprint density at radius 2 is 2.08 bits per heavy atom. The highest BCUT2D eigenvalue weighted by Gasteiger charge is 2.34. The number of hydrogen-bond acceptors (Lipinski definition) is 4. The third-order valence-electron chi connectivity index (χ3n) is 3.88. The molecule has 0 spiro atoms. The van der Waals surface area contributed by atoms with E-state index in [1.807, 2.05) is 20.8 Å². The maximum atomic E-state index is 11.9. The summed E-state index contributed by atoms with van der Waals surface area (Å²) in [4.78, 5) is 17.8. The van der Waals surface area contributed by atoms with Gasteiger partial charge in [-0.1, -0.05) is 0 Å². The molecule has 2 fully saturated rings. The molecular weight excluding hydrogens is 423 g/mol. The second kappa shape index (κ2) is 9.65. The van der Waals surface area contributed by atoms with Crippen molar-refractivity contribution in [3.05, 3.63) is 0 Å². The van der Waals surface area contributed by atoms with Gasteiger partial charge in [-0.3, -0.25) is 4.99 Å². The third-order valence-corrected chi connectivity index (χ3v) is 3.88. The van der Waals surface area contributed by atoms with E-state index in [0.717, 1.165) is 32.0 Å². The van der Waals surface area contributed by atoms with Gasteiger partial charge in [0.2, 0.25) is 0 Å². The molecule has 2 aliphatic heterocycles. The first kappa shape index (κ1) is 21.3. The molecule has 2 heterocycles. The van der Waals surface area contributed by atoms with Crippen LogP contribution in [0.15, 0.2) is 4.99 Å². The monoisotopic (exact) mass is 454 g/mol. The molecule has 0 aromatic rings. The van der Waals surface area contributed by atoms with Crippen molar-refractivity contribution in [2.75, 3.05) is 33.3 Å². The average Bonchev–Trinajstić information content (AvgIpc) is 2.91. The van der Waals surface area contributed by atoms with E-state index in [4.69, 9.17) is 9.47 Å². The van der Waals surface area contributed by atoms with Gasteiger partial charge in [-0.2, -0.15) is 0 Å². The number of amides is 1. The lowest BCUT2D eigenvalue weighted by Gasteiger charge is -2.40. The Kier molecular flexibility index (Phi) is 8.55. The Morgan fingerprint density at radius 3 is 2.62 bits per heavy atom. The van der Waals surface area contributed by atoms with Crippen molar-refractivity contribution in [2.24, 2.45) is 4.99 Å². The molecule has 1 unspecified atom stereocenters. The number of halogens is 1. The summed E-state index contributed by atoms with van der Waals surface area (Å²) in [6.45, 7) is 8.64. The van der Waals surface area contributed by atoms with Crippen LogP contribution in [0.1, 0.15) is 40.0 Å². The molecule has 24 heavy (non-hydrogen) atoms. The second-order valence-corrected chi connectivity index (χ2v) is 7.15. The summed E-state index contributed by atoms with van der Waals surface area (Å²) in [6.07, 6.45) is 3.44. The zero-order valence-electron chi connectivity index (χ0n) is 15.1. The van der Waals surface area contributed by atoms with E-state index < -0.39 is 5.60 Å². The molecule has 0 aliphatic carbocycles. The van der Waals surface area contributed by atoms with Gasteiger partial charge < -0.3 is 25.0 Å². The van der Waals surface area contributed by atoms with E-state index in [1.165, 1.54) is 6.42 Å². The van der Waals surface area contributed by atoms with Crippen molar-refractivity contribution in [3.8, 4) is 0 Å². The standard InChI is InChI=1S/C16H30N4O3.HI/c1-16(2,3)23-15(21)20-10-12(11-20)19-14(17-4)18-8-7-13-6-5-9-22-13;/h12-13H,5-11H2,1-4H3,(H2,17,18,19);1H. The average molecular weight is 454 g/mol. The molecule has 2 rings (SSSR count). The van der Waals surface area contributed by atoms with Gasteiger partial charge in [-0.05, 0) is 40.0 Å². The second-order valence-electron chi connectivity index (χ2n) is 7.15. The number of ether oxygens (including phenoxy) is 2. The molecule has 7 nitrogen and oxygen atoms in total. The van der Waals surface area contributed by atoms with Gasteiger partial charge in [0.15, 0.2) is 5.96 Å². The quantitative estimate of drug-likeness (QED) is 0.386. The Morgan fingerprint density at radius 1 is 1.38 bits per heavy atom. The van der Waals surface area contributed by atoms with Crippen LogP contribution in [0.5, 0.6) is 0 Å². The Hall–Kier alpha value is -0.770. The SMILES string of the molecule is CN=C(NCCC1CCCO1)NC1CN(C(=O)OC(C)(C)C)C1.I. The normalized spacial score (nSPS) is 21.8. The lowest BCUT2D eigenvalue weighted by Crippen LogP contribution is -2.63. The summed E-state index contributed by atoms with van der Waals surface area (Å²) in [5.41, 5.74) is -0.449. The maximum absolute atomic E-state index is 11.9. The smallest absolute Gasteiger partial charge is 0.410 e. The van der Waals surface area contributed by atoms with E-state index in [9.17, 15) is 4.79 Å². The van der Waals surface area contributed by atoms with Crippen LogP contribution in [0.3, 0.4) is 0 Å². The molecule has 0 aromatic heterocycles. The first-order valence-corrected chi connectivity index (χ1v) is 8.44. The van der Waals surface area contributed by atoms with E-state index in [1.54, 1.807) is 11.9 Å². The van der Waals surface area contributed by atoms with Crippen molar-refractivity contribution < 1.29 is 14.3 Å². The van der Waals surface area contributed by atoms with Crippen molar-refractivity contribution in [3.63, 3.8) is 0 Å². The number of guanidine groups is 1. The minimum atomic E-state index is -0.449. The Labute approximate surface area is 161 Å². The first-order chi connectivity index (χ1) is 10.9. The number of carbonyl (C=O) groups is 1. The summed E-state index contributed by atoms with van der Waals surface area (Å²) >= 11 is 0. The highest BCUT2D eigenvalue weighted by Crippen LogP contribution is 2.16. The molecule has 2 aliphatic rings. The van der Waals surface area contributed by atoms with Crippen molar-refractivity contribution in [1.29, 1.82) is 0 Å². The maximum Gasteiger partial charge on any atom is 0.410 e. The Balaban J connectivity index is 0.00000288. The molecular formula is C16H31IN4O3. The molecule has 140 valence electrons. The molecule has 0 saturated carbocycles. The predicted octanol–water partition coefficient (Wildman–Crippen LogP) is 1.96. The lowest BCUT2D eigenvalue weighted by atomic mass is 10.1. The van der Waals surface area contributed by atoms with Gasteiger partial charge in [0.05, 0.1) is 12.1 Å². The highest BCUT2D eigenvalue weighted by molar-refractivity contribution is 14.0. The van der Waals surface area contributed by atoms with Gasteiger partial charge in [-0.25, -0.2) is 4.79 Å². The van der Waals surface area contributed by atoms with E-state index >= 15 is 0 Å². The van der Waals surface area contributed by atoms with Gasteiger partial charge in [-0.15, -0.1) is 24.0 Å². The zero-order valence-corrected chi connectivity index (χ0v) is 17.5. The molecule has 1 amide bonds. The fourth-order valence-electron chi connectivity index (χ4n) is 2.66. The fourth-order valence-corrected chi connectivity index (χ4v) is 2.66. The number of rotatable bonds is 4. The van der Waals surface area contributed by atoms with E-state index in [-0.39, 0.29) is 36.1 Å². The summed E-state index contributed by atoms with van der Waals surface area (Å²) < 4.78 is 10.9. The van der Waals surface area contributed by atoms with Crippen molar-refractivity contribution in [1.82, 2.24) is 15.5 Å². The summed E-state index contributed by atoms with van der Waals surface area (Å²) in [7, 11) is 1.76. The minimum absolute atomic E-state index is 0. The molecule has 0 aromatic carbocycles. The molecule has 2 saturated heterocycles. The number of hydrogen-bond donors (Lipinski definition) is 2. The molecule has 8 heteroatoms. The van der Waals surface area contributed by atoms with Crippen LogP contribution in [0, 0.1) is 0 Å². The van der Waals surface area contributed by atoms with Crippen LogP contribution in [-0.2, 0) is 9.47 Å². The zero-order chi connectivity index (χ0) is 16.9. The van der Waals surface area contributed by atoms with Crippen LogP contribution < -0.4 is 10.6 Å². The summed E-state index contributed by atoms with van der Waals surface area (Å²) in [6, 6.07) is 0.219. The number of aliphatic imine (C=N–C) groups is 1. The van der Waals surface area contributed by atoms with Crippen LogP contribution in [0.25, 0.3) is 0 Å². The van der Waals surface area contributed by atoms with Crippen LogP contribution >= 0.6 is 24.0 Å². The number of nitrogens with zero attached hydrogens (tertiary/aromatic N) is 2. The van der Waals surface area contributed by atoms with Gasteiger partial charge in [0.1, 0.15) is 5.60 Å². The van der Waals surface area contributed by atoms with Gasteiger partial charge in [0, 0.05) is 33.3 Å². The molecule has 1 atom stereocenters. The lowest BCUT2D eigenvalue weighted by molar-refractivity contribution is 0.00700. The molecule has 0 radical (unpaired) electrons. The van der Waals surface area contributed by atoms with Crippen molar-refractivity contribution >= 4 is 36.0 Å². The van der Waals surface area contributed by atoms with Gasteiger partial charge >= 0.3 is 6.09 Å².